The lowest BCUT2D eigenvalue weighted by Crippen LogP contribution is -1.99. The highest BCUT2D eigenvalue weighted by molar-refractivity contribution is 7.16. The largest absolute Gasteiger partial charge is 0.381 e. The Labute approximate surface area is 117 Å². The van der Waals surface area contributed by atoms with Gasteiger partial charge in [-0.25, -0.2) is 4.98 Å². The molecule has 0 bridgehead atoms. The number of aryl methyl sites for hydroxylation is 2. The minimum atomic E-state index is 0.854. The summed E-state index contributed by atoms with van der Waals surface area (Å²) >= 11 is 1.68. The Morgan fingerprint density at radius 3 is 2.63 bits per heavy atom. The molecule has 3 rings (SSSR count). The predicted octanol–water partition coefficient (Wildman–Crippen LogP) is 4.53. The number of hydrogen-bond acceptors (Lipinski definition) is 3. The lowest BCUT2D eigenvalue weighted by Gasteiger charge is -2.08. The van der Waals surface area contributed by atoms with Crippen LogP contribution in [0.3, 0.4) is 0 Å². The van der Waals surface area contributed by atoms with Crippen molar-refractivity contribution < 1.29 is 0 Å². The van der Waals surface area contributed by atoms with Gasteiger partial charge in [-0.3, -0.25) is 0 Å². The van der Waals surface area contributed by atoms with E-state index in [9.17, 15) is 0 Å². The van der Waals surface area contributed by atoms with Crippen LogP contribution in [0.15, 0.2) is 41.9 Å². The maximum absolute atomic E-state index is 4.29. The molecule has 0 aliphatic carbocycles. The van der Waals surface area contributed by atoms with Crippen molar-refractivity contribution in [3.8, 4) is 0 Å². The van der Waals surface area contributed by atoms with Crippen LogP contribution in [0.5, 0.6) is 0 Å². The number of rotatable bonds is 3. The Bertz CT molecular complexity index is 695. The van der Waals surface area contributed by atoms with E-state index < -0.39 is 0 Å². The third kappa shape index (κ3) is 2.76. The molecule has 0 saturated heterocycles. The number of fused-ring (bicyclic) bond motifs is 1. The molecule has 1 aromatic heterocycles. The number of anilines is 1. The zero-order chi connectivity index (χ0) is 13.2. The fourth-order valence-corrected chi connectivity index (χ4v) is 3.06. The van der Waals surface area contributed by atoms with Gasteiger partial charge in [0.15, 0.2) is 0 Å². The first kappa shape index (κ1) is 12.2. The second-order valence-electron chi connectivity index (χ2n) is 4.88. The molecular weight excluding hydrogens is 252 g/mol. The molecule has 0 saturated carbocycles. The number of hydrogen-bond donors (Lipinski definition) is 1. The molecule has 0 amide bonds. The summed E-state index contributed by atoms with van der Waals surface area (Å²) in [7, 11) is 0. The van der Waals surface area contributed by atoms with Crippen molar-refractivity contribution in [2.24, 2.45) is 0 Å². The molecule has 0 radical (unpaired) electrons. The Kier molecular flexibility index (Phi) is 3.22. The summed E-state index contributed by atoms with van der Waals surface area (Å²) in [5.74, 6) is 0. The molecule has 2 aromatic carbocycles. The van der Waals surface area contributed by atoms with Crippen molar-refractivity contribution in [1.82, 2.24) is 4.98 Å². The zero-order valence-electron chi connectivity index (χ0n) is 11.1. The standard InChI is InChI=1S/C16H16N2S/c1-11-5-12(2)7-13(6-11)9-17-14-3-4-15-16(8-14)19-10-18-15/h3-8,10,17H,9H2,1-2H3. The number of nitrogens with one attached hydrogen (secondary N) is 1. The first-order chi connectivity index (χ1) is 9.20. The van der Waals surface area contributed by atoms with Crippen LogP contribution in [0.4, 0.5) is 5.69 Å². The maximum Gasteiger partial charge on any atom is 0.0813 e. The van der Waals surface area contributed by atoms with Gasteiger partial charge in [-0.15, -0.1) is 11.3 Å². The lowest BCUT2D eigenvalue weighted by atomic mass is 10.1. The fraction of sp³-hybridized carbons (Fsp3) is 0.188. The van der Waals surface area contributed by atoms with Crippen molar-refractivity contribution in [1.29, 1.82) is 0 Å². The molecule has 0 aliphatic rings. The molecular formula is C16H16N2S. The Morgan fingerprint density at radius 2 is 1.84 bits per heavy atom. The average Bonchev–Trinajstić information content (AvgIpc) is 2.82. The van der Waals surface area contributed by atoms with Crippen molar-refractivity contribution in [2.45, 2.75) is 20.4 Å². The quantitative estimate of drug-likeness (QED) is 0.755. The number of benzene rings is 2. The van der Waals surface area contributed by atoms with Crippen LogP contribution >= 0.6 is 11.3 Å². The highest BCUT2D eigenvalue weighted by Gasteiger charge is 2.00. The molecule has 3 heteroatoms. The minimum absolute atomic E-state index is 0.854. The summed E-state index contributed by atoms with van der Waals surface area (Å²) in [6.07, 6.45) is 0. The lowest BCUT2D eigenvalue weighted by molar-refractivity contribution is 1.13. The predicted molar refractivity (Wildman–Crippen MR) is 82.9 cm³/mol. The van der Waals surface area contributed by atoms with E-state index in [2.05, 4.69) is 60.5 Å². The molecule has 0 unspecified atom stereocenters. The highest BCUT2D eigenvalue weighted by atomic mass is 32.1. The van der Waals surface area contributed by atoms with Gasteiger partial charge in [-0.1, -0.05) is 29.3 Å². The molecule has 1 N–H and O–H groups in total. The van der Waals surface area contributed by atoms with Crippen LogP contribution in [0.25, 0.3) is 10.2 Å². The molecule has 0 fully saturated rings. The molecule has 0 spiro atoms. The van der Waals surface area contributed by atoms with E-state index in [0.717, 1.165) is 17.7 Å². The molecule has 2 nitrogen and oxygen atoms in total. The van der Waals surface area contributed by atoms with Gasteiger partial charge in [0.25, 0.3) is 0 Å². The Balaban J connectivity index is 1.77. The molecule has 19 heavy (non-hydrogen) atoms. The maximum atomic E-state index is 4.29. The molecule has 0 atom stereocenters. The SMILES string of the molecule is Cc1cc(C)cc(CNc2ccc3ncsc3c2)c1. The topological polar surface area (TPSA) is 24.9 Å². The fourth-order valence-electron chi connectivity index (χ4n) is 2.34. The van der Waals surface area contributed by atoms with Crippen LogP contribution in [0.1, 0.15) is 16.7 Å². The van der Waals surface area contributed by atoms with E-state index in [4.69, 9.17) is 0 Å². The molecule has 0 aliphatic heterocycles. The van der Waals surface area contributed by atoms with E-state index in [1.54, 1.807) is 11.3 Å². The summed E-state index contributed by atoms with van der Waals surface area (Å²) in [4.78, 5) is 4.29. The summed E-state index contributed by atoms with van der Waals surface area (Å²) in [5.41, 5.74) is 8.06. The average molecular weight is 268 g/mol. The van der Waals surface area contributed by atoms with Gasteiger partial charge >= 0.3 is 0 Å². The normalized spacial score (nSPS) is 10.8. The highest BCUT2D eigenvalue weighted by Crippen LogP contribution is 2.22. The molecule has 1 heterocycles. The van der Waals surface area contributed by atoms with Crippen LogP contribution < -0.4 is 5.32 Å². The van der Waals surface area contributed by atoms with Crippen molar-refractivity contribution >= 4 is 27.2 Å². The number of aromatic nitrogens is 1. The van der Waals surface area contributed by atoms with Gasteiger partial charge in [0.2, 0.25) is 0 Å². The van der Waals surface area contributed by atoms with Crippen LogP contribution in [0.2, 0.25) is 0 Å². The third-order valence-electron chi connectivity index (χ3n) is 3.11. The summed E-state index contributed by atoms with van der Waals surface area (Å²) in [6.45, 7) is 5.13. The number of thiazole rings is 1. The van der Waals surface area contributed by atoms with E-state index >= 15 is 0 Å². The first-order valence-corrected chi connectivity index (χ1v) is 7.23. The van der Waals surface area contributed by atoms with E-state index in [1.807, 2.05) is 5.51 Å². The van der Waals surface area contributed by atoms with Gasteiger partial charge in [0, 0.05) is 12.2 Å². The third-order valence-corrected chi connectivity index (χ3v) is 3.90. The second-order valence-corrected chi connectivity index (χ2v) is 5.77. The minimum Gasteiger partial charge on any atom is -0.381 e. The van der Waals surface area contributed by atoms with Crippen molar-refractivity contribution in [3.63, 3.8) is 0 Å². The smallest absolute Gasteiger partial charge is 0.0813 e. The Hall–Kier alpha value is -1.87. The summed E-state index contributed by atoms with van der Waals surface area (Å²) in [5, 5.41) is 3.48. The monoisotopic (exact) mass is 268 g/mol. The zero-order valence-corrected chi connectivity index (χ0v) is 11.9. The van der Waals surface area contributed by atoms with Gasteiger partial charge in [-0.2, -0.15) is 0 Å². The first-order valence-electron chi connectivity index (χ1n) is 6.35. The van der Waals surface area contributed by atoms with Crippen LogP contribution in [0, 0.1) is 13.8 Å². The molecule has 96 valence electrons. The Morgan fingerprint density at radius 1 is 1.05 bits per heavy atom. The van der Waals surface area contributed by atoms with Gasteiger partial charge in [0.1, 0.15) is 0 Å². The summed E-state index contributed by atoms with van der Waals surface area (Å²) < 4.78 is 1.23. The van der Waals surface area contributed by atoms with Crippen LogP contribution in [-0.4, -0.2) is 4.98 Å². The van der Waals surface area contributed by atoms with Crippen molar-refractivity contribution in [2.75, 3.05) is 5.32 Å². The van der Waals surface area contributed by atoms with Gasteiger partial charge in [0.05, 0.1) is 15.7 Å². The second kappa shape index (κ2) is 5.02. The van der Waals surface area contributed by atoms with E-state index in [1.165, 1.54) is 21.4 Å². The van der Waals surface area contributed by atoms with Gasteiger partial charge in [-0.05, 0) is 37.6 Å². The summed E-state index contributed by atoms with van der Waals surface area (Å²) in [6, 6.07) is 13.0. The van der Waals surface area contributed by atoms with Gasteiger partial charge < -0.3 is 5.32 Å². The van der Waals surface area contributed by atoms with E-state index in [-0.39, 0.29) is 0 Å². The molecule has 3 aromatic rings. The van der Waals surface area contributed by atoms with E-state index in [0.29, 0.717) is 0 Å². The number of nitrogens with zero attached hydrogens (tertiary/aromatic N) is 1. The van der Waals surface area contributed by atoms with Crippen molar-refractivity contribution in [3.05, 3.63) is 58.6 Å². The van der Waals surface area contributed by atoms with Crippen LogP contribution in [-0.2, 0) is 6.54 Å².